The number of aliphatic imine (C=N–C) groups is 2. The smallest absolute Gasteiger partial charge is 0.305 e. The molecule has 164 valence electrons. The van der Waals surface area contributed by atoms with Gasteiger partial charge in [0.1, 0.15) is 0 Å². The number of nitrogens with zero attached hydrogens (tertiary/aromatic N) is 4. The van der Waals surface area contributed by atoms with Crippen LogP contribution in [0.15, 0.2) is 52.4 Å². The molecule has 0 radical (unpaired) electrons. The lowest BCUT2D eigenvalue weighted by molar-refractivity contribution is -0.137. The summed E-state index contributed by atoms with van der Waals surface area (Å²) >= 11 is 5.97. The molecule has 0 saturated heterocycles. The van der Waals surface area contributed by atoms with Crippen molar-refractivity contribution in [1.29, 1.82) is 0 Å². The summed E-state index contributed by atoms with van der Waals surface area (Å²) in [6.45, 7) is 4.85. The number of carboxylic acids is 1. The molecular weight excluding hydrogens is 423 g/mol. The van der Waals surface area contributed by atoms with Crippen molar-refractivity contribution in [2.24, 2.45) is 9.98 Å². The lowest BCUT2D eigenvalue weighted by Crippen LogP contribution is -2.44. The maximum atomic E-state index is 14.4. The summed E-state index contributed by atoms with van der Waals surface area (Å²) in [6.07, 6.45) is 1.42. The van der Waals surface area contributed by atoms with Crippen LogP contribution in [0.3, 0.4) is 0 Å². The van der Waals surface area contributed by atoms with Gasteiger partial charge in [-0.25, -0.2) is 14.4 Å². The highest BCUT2D eigenvalue weighted by molar-refractivity contribution is 6.30. The van der Waals surface area contributed by atoms with E-state index in [4.69, 9.17) is 21.4 Å². The van der Waals surface area contributed by atoms with E-state index in [0.29, 0.717) is 36.4 Å². The minimum atomic E-state index is -0.878. The van der Waals surface area contributed by atoms with Crippen LogP contribution >= 0.6 is 11.6 Å². The van der Waals surface area contributed by atoms with Gasteiger partial charge in [0.05, 0.1) is 31.2 Å². The fourth-order valence-corrected chi connectivity index (χ4v) is 3.08. The molecule has 0 aromatic heterocycles. The van der Waals surface area contributed by atoms with Crippen molar-refractivity contribution >= 4 is 35.6 Å². The maximum Gasteiger partial charge on any atom is 0.305 e. The Balaban J connectivity index is 1.85. The van der Waals surface area contributed by atoms with E-state index in [0.717, 1.165) is 5.56 Å². The number of benzene rings is 2. The number of rotatable bonds is 8. The molecule has 1 N–H and O–H groups in total. The molecule has 2 aromatic rings. The van der Waals surface area contributed by atoms with E-state index in [2.05, 4.69) is 9.98 Å². The number of hydrogen-bond acceptors (Lipinski definition) is 4. The Morgan fingerprint density at radius 3 is 2.68 bits per heavy atom. The quantitative estimate of drug-likeness (QED) is 0.644. The van der Waals surface area contributed by atoms with Crippen LogP contribution < -0.4 is 4.74 Å². The van der Waals surface area contributed by atoms with Crippen LogP contribution in [0.5, 0.6) is 5.75 Å². The van der Waals surface area contributed by atoms with Crippen LogP contribution in [-0.2, 0) is 11.3 Å². The molecule has 1 heterocycles. The number of aliphatic carboxylic acids is 1. The molecule has 0 saturated carbocycles. The summed E-state index contributed by atoms with van der Waals surface area (Å²) in [6, 6.07) is 11.9. The Hall–Kier alpha value is -3.13. The third kappa shape index (κ3) is 6.68. The lowest BCUT2D eigenvalue weighted by atomic mass is 10.2. The third-order valence-corrected chi connectivity index (χ3v) is 4.63. The molecule has 9 heteroatoms. The maximum absolute atomic E-state index is 14.4. The van der Waals surface area contributed by atoms with E-state index in [1.165, 1.54) is 6.07 Å². The number of carbonyl (C=O) groups is 1. The zero-order chi connectivity index (χ0) is 22.4. The van der Waals surface area contributed by atoms with Gasteiger partial charge < -0.3 is 19.6 Å². The van der Waals surface area contributed by atoms with Crippen LogP contribution in [0.2, 0.25) is 5.02 Å². The monoisotopic (exact) mass is 446 g/mol. The minimum absolute atomic E-state index is 0.00416. The molecule has 0 amide bonds. The molecule has 1 aliphatic heterocycles. The SMILES string of the molecule is CC(C)Oc1ccc(N=C2N=CN(CCC(=O)O)CN2Cc2ccc(Cl)cc2)cc1F. The fourth-order valence-electron chi connectivity index (χ4n) is 2.96. The second-order valence-electron chi connectivity index (χ2n) is 7.36. The summed E-state index contributed by atoms with van der Waals surface area (Å²) in [5.74, 6) is -0.804. The normalized spacial score (nSPS) is 15.1. The Kier molecular flexibility index (Phi) is 7.46. The molecule has 1 aliphatic rings. The van der Waals surface area contributed by atoms with E-state index in [9.17, 15) is 9.18 Å². The average Bonchev–Trinajstić information content (AvgIpc) is 2.71. The number of hydrogen-bond donors (Lipinski definition) is 1. The minimum Gasteiger partial charge on any atom is -0.488 e. The highest BCUT2D eigenvalue weighted by Crippen LogP contribution is 2.25. The van der Waals surface area contributed by atoms with Crippen molar-refractivity contribution in [3.63, 3.8) is 0 Å². The highest BCUT2D eigenvalue weighted by atomic mass is 35.5. The zero-order valence-corrected chi connectivity index (χ0v) is 18.1. The first kappa shape index (κ1) is 22.6. The van der Waals surface area contributed by atoms with Crippen molar-refractivity contribution in [1.82, 2.24) is 9.80 Å². The van der Waals surface area contributed by atoms with E-state index >= 15 is 0 Å². The molecule has 31 heavy (non-hydrogen) atoms. The first-order valence-electron chi connectivity index (χ1n) is 9.84. The molecule has 7 nitrogen and oxygen atoms in total. The molecule has 2 aromatic carbocycles. The van der Waals surface area contributed by atoms with Crippen LogP contribution in [0, 0.1) is 5.82 Å². The van der Waals surface area contributed by atoms with Crippen LogP contribution in [0.4, 0.5) is 10.1 Å². The summed E-state index contributed by atoms with van der Waals surface area (Å²) in [5, 5.41) is 9.59. The summed E-state index contributed by atoms with van der Waals surface area (Å²) in [4.78, 5) is 23.5. The van der Waals surface area contributed by atoms with Crippen molar-refractivity contribution in [3.05, 3.63) is 58.9 Å². The van der Waals surface area contributed by atoms with E-state index in [1.807, 2.05) is 30.9 Å². The van der Waals surface area contributed by atoms with Gasteiger partial charge in [0.15, 0.2) is 11.6 Å². The number of guanidine groups is 1. The Morgan fingerprint density at radius 1 is 1.29 bits per heavy atom. The lowest BCUT2D eigenvalue weighted by Gasteiger charge is -2.33. The van der Waals surface area contributed by atoms with Gasteiger partial charge in [-0.1, -0.05) is 23.7 Å². The predicted octanol–water partition coefficient (Wildman–Crippen LogP) is 4.53. The third-order valence-electron chi connectivity index (χ3n) is 4.38. The van der Waals surface area contributed by atoms with Gasteiger partial charge in [-0.2, -0.15) is 0 Å². The van der Waals surface area contributed by atoms with Crippen molar-refractivity contribution in [2.45, 2.75) is 32.9 Å². The van der Waals surface area contributed by atoms with Gasteiger partial charge in [0.25, 0.3) is 0 Å². The van der Waals surface area contributed by atoms with Crippen LogP contribution in [0.1, 0.15) is 25.8 Å². The predicted molar refractivity (Wildman–Crippen MR) is 119 cm³/mol. The molecule has 0 bridgehead atoms. The molecule has 0 fully saturated rings. The number of carboxylic acid groups (broad SMARTS) is 1. The van der Waals surface area contributed by atoms with E-state index in [-0.39, 0.29) is 18.3 Å². The van der Waals surface area contributed by atoms with Gasteiger partial charge in [0, 0.05) is 24.2 Å². The standard InChI is InChI=1S/C22H24ClFN4O3/c1-15(2)31-20-8-7-18(11-19(20)24)26-22-25-13-27(10-9-21(29)30)14-28(22)12-16-3-5-17(23)6-4-16/h3-8,11,13,15H,9-10,12,14H2,1-2H3,(H,29,30). The van der Waals surface area contributed by atoms with Crippen LogP contribution in [0.25, 0.3) is 0 Å². The fraction of sp³-hybridized carbons (Fsp3) is 0.318. The zero-order valence-electron chi connectivity index (χ0n) is 17.3. The summed E-state index contributed by atoms with van der Waals surface area (Å²) in [7, 11) is 0. The van der Waals surface area contributed by atoms with Crippen LogP contribution in [-0.4, -0.2) is 52.5 Å². The summed E-state index contributed by atoms with van der Waals surface area (Å²) in [5.41, 5.74) is 1.39. The van der Waals surface area contributed by atoms with Crippen molar-refractivity contribution in [3.8, 4) is 5.75 Å². The average molecular weight is 447 g/mol. The molecular formula is C22H24ClFN4O3. The topological polar surface area (TPSA) is 77.7 Å². The van der Waals surface area contributed by atoms with Gasteiger partial charge in [-0.05, 0) is 43.7 Å². The van der Waals surface area contributed by atoms with Crippen molar-refractivity contribution in [2.75, 3.05) is 13.2 Å². The van der Waals surface area contributed by atoms with Gasteiger partial charge >= 0.3 is 5.97 Å². The first-order valence-corrected chi connectivity index (χ1v) is 10.2. The Morgan fingerprint density at radius 2 is 2.03 bits per heavy atom. The first-order chi connectivity index (χ1) is 14.8. The molecule has 0 spiro atoms. The Labute approximate surface area is 185 Å². The second-order valence-corrected chi connectivity index (χ2v) is 7.80. The van der Waals surface area contributed by atoms with Gasteiger partial charge in [-0.3, -0.25) is 4.79 Å². The summed E-state index contributed by atoms with van der Waals surface area (Å²) < 4.78 is 19.8. The van der Waals surface area contributed by atoms with E-state index < -0.39 is 11.8 Å². The van der Waals surface area contributed by atoms with E-state index in [1.54, 1.807) is 35.5 Å². The molecule has 3 rings (SSSR count). The highest BCUT2D eigenvalue weighted by Gasteiger charge is 2.20. The second kappa shape index (κ2) is 10.3. The van der Waals surface area contributed by atoms with Gasteiger partial charge in [-0.15, -0.1) is 0 Å². The molecule has 0 atom stereocenters. The number of halogens is 2. The van der Waals surface area contributed by atoms with Gasteiger partial charge in [0.2, 0.25) is 5.96 Å². The largest absolute Gasteiger partial charge is 0.488 e. The molecule has 0 unspecified atom stereocenters. The molecule has 0 aliphatic carbocycles. The number of ether oxygens (including phenoxy) is 1. The van der Waals surface area contributed by atoms with Crippen molar-refractivity contribution < 1.29 is 19.0 Å². The Bertz CT molecular complexity index is 979.